The second-order valence-electron chi connectivity index (χ2n) is 22.0. The van der Waals surface area contributed by atoms with E-state index in [1.54, 1.807) is 0 Å². The van der Waals surface area contributed by atoms with Gasteiger partial charge in [0.2, 0.25) is 0 Å². The standard InChI is InChI=1S/C71H124O6/c1-4-7-10-13-16-19-22-25-26-27-28-29-30-31-32-33-34-35-36-37-38-39-40-41-42-43-44-47-49-52-55-58-61-64-70(73)76-67-68(77-71(74)65-62-59-56-53-50-46-24-21-18-15-12-9-6-3)66-75-69(72)63-60-57-54-51-48-45-23-20-17-14-11-8-5-2/h9,11-12,14,18,20-23,25,27-28,46,50,68H,4-8,10,13,15-17,19,24,26,29-45,47-49,51-67H2,1-3H3/b12-9-,14-11-,21-18-,23-20-,25-22-,28-27-,50-46-. The number of unbranched alkanes of at least 4 members (excludes halogenated alkanes) is 35. The molecule has 0 N–H and O–H groups in total. The van der Waals surface area contributed by atoms with E-state index in [1.165, 1.54) is 167 Å². The fourth-order valence-corrected chi connectivity index (χ4v) is 9.41. The predicted octanol–water partition coefficient (Wildman–Crippen LogP) is 22.7. The summed E-state index contributed by atoms with van der Waals surface area (Å²) in [6.45, 7) is 6.44. The summed E-state index contributed by atoms with van der Waals surface area (Å²) in [5.74, 6) is -0.925. The summed E-state index contributed by atoms with van der Waals surface area (Å²) in [4.78, 5) is 38.2. The lowest BCUT2D eigenvalue weighted by molar-refractivity contribution is -0.167. The number of hydrogen-bond donors (Lipinski definition) is 0. The molecule has 0 rings (SSSR count). The van der Waals surface area contributed by atoms with Gasteiger partial charge in [-0.05, 0) is 109 Å². The lowest BCUT2D eigenvalue weighted by Crippen LogP contribution is -2.30. The van der Waals surface area contributed by atoms with Crippen LogP contribution in [-0.2, 0) is 28.6 Å². The second kappa shape index (κ2) is 65.1. The number of ether oxygens (including phenoxy) is 3. The smallest absolute Gasteiger partial charge is 0.306 e. The molecule has 0 radical (unpaired) electrons. The molecule has 0 aliphatic rings. The minimum atomic E-state index is -0.797. The molecule has 0 aromatic heterocycles. The van der Waals surface area contributed by atoms with Gasteiger partial charge >= 0.3 is 17.9 Å². The molecule has 0 aromatic rings. The van der Waals surface area contributed by atoms with Gasteiger partial charge in [0, 0.05) is 19.3 Å². The average molecular weight is 1070 g/mol. The summed E-state index contributed by atoms with van der Waals surface area (Å²) >= 11 is 0. The highest BCUT2D eigenvalue weighted by Crippen LogP contribution is 2.17. The van der Waals surface area contributed by atoms with Crippen molar-refractivity contribution in [2.75, 3.05) is 13.2 Å². The van der Waals surface area contributed by atoms with Crippen molar-refractivity contribution in [1.82, 2.24) is 0 Å². The van der Waals surface area contributed by atoms with Gasteiger partial charge in [0.15, 0.2) is 6.10 Å². The molecule has 0 saturated heterocycles. The topological polar surface area (TPSA) is 78.9 Å². The van der Waals surface area contributed by atoms with E-state index in [-0.39, 0.29) is 31.1 Å². The van der Waals surface area contributed by atoms with E-state index in [0.29, 0.717) is 19.3 Å². The van der Waals surface area contributed by atoms with Crippen LogP contribution in [0.3, 0.4) is 0 Å². The fraction of sp³-hybridized carbons (Fsp3) is 0.761. The summed E-state index contributed by atoms with van der Waals surface area (Å²) in [5, 5.41) is 0. The van der Waals surface area contributed by atoms with Crippen LogP contribution in [0.1, 0.15) is 329 Å². The van der Waals surface area contributed by atoms with Crippen LogP contribution in [0, 0.1) is 0 Å². The van der Waals surface area contributed by atoms with Crippen molar-refractivity contribution in [2.24, 2.45) is 0 Å². The van der Waals surface area contributed by atoms with Gasteiger partial charge in [-0.1, -0.05) is 286 Å². The van der Waals surface area contributed by atoms with Crippen molar-refractivity contribution in [3.8, 4) is 0 Å². The Balaban J connectivity index is 4.10. The van der Waals surface area contributed by atoms with Gasteiger partial charge in [0.25, 0.3) is 0 Å². The van der Waals surface area contributed by atoms with Crippen LogP contribution in [-0.4, -0.2) is 37.2 Å². The van der Waals surface area contributed by atoms with Gasteiger partial charge in [-0.25, -0.2) is 0 Å². The van der Waals surface area contributed by atoms with Crippen molar-refractivity contribution >= 4 is 17.9 Å². The zero-order chi connectivity index (χ0) is 55.7. The highest BCUT2D eigenvalue weighted by atomic mass is 16.6. The molecule has 0 aromatic carbocycles. The maximum atomic E-state index is 12.8. The molecule has 6 heteroatoms. The SMILES string of the molecule is CC/C=C\C/C=C\C/C=C\CCCCCC(=O)OC(COC(=O)CCCCCCC/C=C\C/C=C\CCC)COC(=O)CCCCCCCCCCCCCCCCCCCCCCC/C=C\C/C=C\CCCCCCC. The highest BCUT2D eigenvalue weighted by molar-refractivity contribution is 5.71. The van der Waals surface area contributed by atoms with E-state index in [1.807, 2.05) is 0 Å². The maximum absolute atomic E-state index is 12.8. The molecule has 6 nitrogen and oxygen atoms in total. The minimum absolute atomic E-state index is 0.0906. The van der Waals surface area contributed by atoms with Crippen LogP contribution in [0.2, 0.25) is 0 Å². The van der Waals surface area contributed by atoms with Gasteiger partial charge in [-0.2, -0.15) is 0 Å². The monoisotopic (exact) mass is 1070 g/mol. The third-order valence-corrected chi connectivity index (χ3v) is 14.3. The molecule has 1 atom stereocenters. The second-order valence-corrected chi connectivity index (χ2v) is 22.0. The van der Waals surface area contributed by atoms with Gasteiger partial charge in [0.1, 0.15) is 13.2 Å². The van der Waals surface area contributed by atoms with Crippen molar-refractivity contribution < 1.29 is 28.6 Å². The third-order valence-electron chi connectivity index (χ3n) is 14.3. The Morgan fingerprint density at radius 2 is 0.532 bits per heavy atom. The molecule has 0 heterocycles. The number of rotatable bonds is 60. The molecule has 1 unspecified atom stereocenters. The first kappa shape index (κ1) is 73.6. The van der Waals surface area contributed by atoms with Crippen LogP contribution >= 0.6 is 0 Å². The number of hydrogen-bond acceptors (Lipinski definition) is 6. The zero-order valence-electron chi connectivity index (χ0n) is 51.0. The molecular weight excluding hydrogens is 949 g/mol. The zero-order valence-corrected chi connectivity index (χ0v) is 51.0. The molecule has 77 heavy (non-hydrogen) atoms. The van der Waals surface area contributed by atoms with Crippen LogP contribution in [0.15, 0.2) is 85.1 Å². The van der Waals surface area contributed by atoms with Crippen LogP contribution < -0.4 is 0 Å². The summed E-state index contributed by atoms with van der Waals surface area (Å²) in [7, 11) is 0. The molecule has 0 aliphatic heterocycles. The van der Waals surface area contributed by atoms with E-state index in [0.717, 1.165) is 122 Å². The number of carbonyl (C=O) groups is 3. The molecule has 0 fully saturated rings. The lowest BCUT2D eigenvalue weighted by atomic mass is 10.0. The Morgan fingerprint density at radius 3 is 0.857 bits per heavy atom. The summed E-state index contributed by atoms with van der Waals surface area (Å²) in [6, 6.07) is 0. The highest BCUT2D eigenvalue weighted by Gasteiger charge is 2.19. The minimum Gasteiger partial charge on any atom is -0.462 e. The lowest BCUT2D eigenvalue weighted by Gasteiger charge is -2.18. The molecule has 0 amide bonds. The first-order chi connectivity index (χ1) is 38.0. The number of esters is 3. The Labute approximate surface area is 477 Å². The molecular formula is C71H124O6. The van der Waals surface area contributed by atoms with Crippen molar-refractivity contribution in [3.05, 3.63) is 85.1 Å². The Hall–Kier alpha value is -3.41. The van der Waals surface area contributed by atoms with Crippen molar-refractivity contribution in [2.45, 2.75) is 335 Å². The van der Waals surface area contributed by atoms with Crippen LogP contribution in [0.25, 0.3) is 0 Å². The normalized spacial score (nSPS) is 12.6. The van der Waals surface area contributed by atoms with Crippen molar-refractivity contribution in [3.63, 3.8) is 0 Å². The quantitative estimate of drug-likeness (QED) is 0.0261. The Kier molecular flexibility index (Phi) is 62.2. The van der Waals surface area contributed by atoms with Gasteiger partial charge in [-0.3, -0.25) is 14.4 Å². The maximum Gasteiger partial charge on any atom is 0.306 e. The van der Waals surface area contributed by atoms with Crippen LogP contribution in [0.4, 0.5) is 0 Å². The number of carbonyl (C=O) groups excluding carboxylic acids is 3. The van der Waals surface area contributed by atoms with Gasteiger partial charge < -0.3 is 14.2 Å². The largest absolute Gasteiger partial charge is 0.462 e. The Bertz CT molecular complexity index is 1470. The predicted molar refractivity (Wildman–Crippen MR) is 334 cm³/mol. The van der Waals surface area contributed by atoms with E-state index >= 15 is 0 Å². The Morgan fingerprint density at radius 1 is 0.273 bits per heavy atom. The molecule has 0 saturated carbocycles. The van der Waals surface area contributed by atoms with Crippen molar-refractivity contribution in [1.29, 1.82) is 0 Å². The van der Waals surface area contributed by atoms with E-state index in [2.05, 4.69) is 106 Å². The molecule has 0 bridgehead atoms. The molecule has 444 valence electrons. The van der Waals surface area contributed by atoms with Gasteiger partial charge in [-0.15, -0.1) is 0 Å². The van der Waals surface area contributed by atoms with Gasteiger partial charge in [0.05, 0.1) is 0 Å². The summed E-state index contributed by atoms with van der Waals surface area (Å²) < 4.78 is 16.9. The summed E-state index contributed by atoms with van der Waals surface area (Å²) in [6.07, 6.45) is 86.3. The van der Waals surface area contributed by atoms with E-state index in [9.17, 15) is 14.4 Å². The molecule has 0 aliphatic carbocycles. The third kappa shape index (κ3) is 63.3. The fourth-order valence-electron chi connectivity index (χ4n) is 9.41. The summed E-state index contributed by atoms with van der Waals surface area (Å²) in [5.41, 5.74) is 0. The first-order valence-electron chi connectivity index (χ1n) is 33.1. The average Bonchev–Trinajstić information content (AvgIpc) is 3.43. The first-order valence-corrected chi connectivity index (χ1v) is 33.1. The van der Waals surface area contributed by atoms with E-state index < -0.39 is 6.10 Å². The van der Waals surface area contributed by atoms with Crippen LogP contribution in [0.5, 0.6) is 0 Å². The molecule has 0 spiro atoms. The van der Waals surface area contributed by atoms with E-state index in [4.69, 9.17) is 14.2 Å². The number of allylic oxidation sites excluding steroid dienone is 14.